The minimum Gasteiger partial charge on any atom is -0.0654 e. The Kier molecular flexibility index (Phi) is 5.59. The van der Waals surface area contributed by atoms with Crippen molar-refractivity contribution in [2.75, 3.05) is 0 Å². The average Bonchev–Trinajstić information content (AvgIpc) is 2.67. The fourth-order valence-electron chi connectivity index (χ4n) is 3.38. The van der Waals surface area contributed by atoms with Gasteiger partial charge in [-0.05, 0) is 24.2 Å². The summed E-state index contributed by atoms with van der Waals surface area (Å²) in [5, 5.41) is 0. The summed E-state index contributed by atoms with van der Waals surface area (Å²) in [6, 6.07) is 0. The highest BCUT2D eigenvalue weighted by Gasteiger charge is 2.30. The molecular weight excluding hydrogens is 168 g/mol. The molecule has 0 amide bonds. The number of hydrogen-bond donors (Lipinski definition) is 0. The molecule has 84 valence electrons. The molecule has 0 spiro atoms. The van der Waals surface area contributed by atoms with Crippen molar-refractivity contribution < 1.29 is 0 Å². The maximum atomic E-state index is 2.39. The summed E-state index contributed by atoms with van der Waals surface area (Å²) in [5.74, 6) is 3.19. The van der Waals surface area contributed by atoms with Crippen LogP contribution >= 0.6 is 0 Å². The van der Waals surface area contributed by atoms with Gasteiger partial charge in [-0.2, -0.15) is 0 Å². The van der Waals surface area contributed by atoms with E-state index < -0.39 is 0 Å². The van der Waals surface area contributed by atoms with Gasteiger partial charge < -0.3 is 0 Å². The van der Waals surface area contributed by atoms with E-state index in [1.165, 1.54) is 51.4 Å². The molecule has 1 fully saturated rings. The van der Waals surface area contributed by atoms with Gasteiger partial charge in [-0.1, -0.05) is 65.7 Å². The van der Waals surface area contributed by atoms with E-state index in [1.807, 2.05) is 0 Å². The van der Waals surface area contributed by atoms with Gasteiger partial charge in [0.2, 0.25) is 0 Å². The van der Waals surface area contributed by atoms with E-state index in [-0.39, 0.29) is 0 Å². The molecular formula is C14H28. The number of unbranched alkanes of at least 4 members (excludes halogenated alkanes) is 1. The van der Waals surface area contributed by atoms with Crippen molar-refractivity contribution in [3.8, 4) is 0 Å². The average molecular weight is 196 g/mol. The first-order chi connectivity index (χ1) is 6.83. The van der Waals surface area contributed by atoms with Gasteiger partial charge in [0.25, 0.3) is 0 Å². The maximum absolute atomic E-state index is 2.39. The zero-order chi connectivity index (χ0) is 10.4. The summed E-state index contributed by atoms with van der Waals surface area (Å²) in [4.78, 5) is 0. The van der Waals surface area contributed by atoms with Gasteiger partial charge in [-0.3, -0.25) is 0 Å². The SMILES string of the molecule is CCCCC(CC)C1CCCC1CC. The lowest BCUT2D eigenvalue weighted by Gasteiger charge is -2.27. The smallest absolute Gasteiger partial charge is 0.0358 e. The van der Waals surface area contributed by atoms with Gasteiger partial charge in [-0.25, -0.2) is 0 Å². The summed E-state index contributed by atoms with van der Waals surface area (Å²) in [5.41, 5.74) is 0. The van der Waals surface area contributed by atoms with E-state index in [2.05, 4.69) is 20.8 Å². The van der Waals surface area contributed by atoms with Crippen molar-refractivity contribution in [1.29, 1.82) is 0 Å². The molecule has 0 nitrogen and oxygen atoms in total. The maximum Gasteiger partial charge on any atom is -0.0358 e. The molecule has 0 aromatic heterocycles. The molecule has 0 aliphatic heterocycles. The van der Waals surface area contributed by atoms with Crippen LogP contribution in [0.15, 0.2) is 0 Å². The second-order valence-electron chi connectivity index (χ2n) is 5.07. The Hall–Kier alpha value is 0. The Labute approximate surface area is 90.5 Å². The van der Waals surface area contributed by atoms with E-state index in [0.29, 0.717) is 0 Å². The van der Waals surface area contributed by atoms with Crippen LogP contribution in [0.25, 0.3) is 0 Å². The Balaban J connectivity index is 2.41. The van der Waals surface area contributed by atoms with Gasteiger partial charge >= 0.3 is 0 Å². The summed E-state index contributed by atoms with van der Waals surface area (Å²) in [7, 11) is 0. The van der Waals surface area contributed by atoms with Crippen LogP contribution in [0.1, 0.15) is 72.1 Å². The van der Waals surface area contributed by atoms with E-state index in [0.717, 1.165) is 17.8 Å². The van der Waals surface area contributed by atoms with Crippen LogP contribution in [-0.4, -0.2) is 0 Å². The third kappa shape index (κ3) is 3.00. The molecule has 0 heteroatoms. The summed E-state index contributed by atoms with van der Waals surface area (Å²) < 4.78 is 0. The molecule has 14 heavy (non-hydrogen) atoms. The molecule has 3 atom stereocenters. The molecule has 0 aromatic rings. The third-order valence-electron chi connectivity index (χ3n) is 4.30. The molecule has 1 rings (SSSR count). The van der Waals surface area contributed by atoms with Crippen molar-refractivity contribution in [3.05, 3.63) is 0 Å². The zero-order valence-electron chi connectivity index (χ0n) is 10.4. The second-order valence-corrected chi connectivity index (χ2v) is 5.07. The first-order valence-electron chi connectivity index (χ1n) is 6.83. The third-order valence-corrected chi connectivity index (χ3v) is 4.30. The normalized spacial score (nSPS) is 29.4. The van der Waals surface area contributed by atoms with Crippen LogP contribution in [0.4, 0.5) is 0 Å². The minimum atomic E-state index is 1.04. The predicted octanol–water partition coefficient (Wildman–Crippen LogP) is 5.03. The standard InChI is InChI=1S/C14H28/c1-4-7-9-12(5-2)14-11-8-10-13(14)6-3/h12-14H,4-11H2,1-3H3. The lowest BCUT2D eigenvalue weighted by atomic mass is 9.78. The molecule has 0 bridgehead atoms. The minimum absolute atomic E-state index is 1.04. The molecule has 1 aliphatic carbocycles. The molecule has 0 radical (unpaired) electrons. The fraction of sp³-hybridized carbons (Fsp3) is 1.00. The van der Waals surface area contributed by atoms with Crippen molar-refractivity contribution in [3.63, 3.8) is 0 Å². The topological polar surface area (TPSA) is 0 Å². The number of rotatable bonds is 6. The van der Waals surface area contributed by atoms with E-state index in [9.17, 15) is 0 Å². The van der Waals surface area contributed by atoms with Crippen molar-refractivity contribution in [2.24, 2.45) is 17.8 Å². The Bertz CT molecular complexity index is 139. The highest BCUT2D eigenvalue weighted by molar-refractivity contribution is 4.81. The molecule has 0 heterocycles. The van der Waals surface area contributed by atoms with E-state index in [4.69, 9.17) is 0 Å². The Morgan fingerprint density at radius 3 is 2.50 bits per heavy atom. The molecule has 1 aliphatic rings. The van der Waals surface area contributed by atoms with Gasteiger partial charge in [0.15, 0.2) is 0 Å². The van der Waals surface area contributed by atoms with Gasteiger partial charge in [0.1, 0.15) is 0 Å². The molecule has 1 saturated carbocycles. The summed E-state index contributed by atoms with van der Waals surface area (Å²) in [6.07, 6.45) is 11.7. The van der Waals surface area contributed by atoms with Gasteiger partial charge in [0, 0.05) is 0 Å². The van der Waals surface area contributed by atoms with Crippen LogP contribution in [0, 0.1) is 17.8 Å². The number of hydrogen-bond acceptors (Lipinski definition) is 0. The van der Waals surface area contributed by atoms with Crippen molar-refractivity contribution >= 4 is 0 Å². The quantitative estimate of drug-likeness (QED) is 0.559. The first kappa shape index (κ1) is 12.1. The summed E-state index contributed by atoms with van der Waals surface area (Å²) in [6.45, 7) is 7.10. The lowest BCUT2D eigenvalue weighted by molar-refractivity contribution is 0.231. The first-order valence-corrected chi connectivity index (χ1v) is 6.83. The lowest BCUT2D eigenvalue weighted by Crippen LogP contribution is -2.18. The van der Waals surface area contributed by atoms with Gasteiger partial charge in [-0.15, -0.1) is 0 Å². The highest BCUT2D eigenvalue weighted by atomic mass is 14.4. The van der Waals surface area contributed by atoms with Crippen LogP contribution in [0.3, 0.4) is 0 Å². The highest BCUT2D eigenvalue weighted by Crippen LogP contribution is 2.41. The largest absolute Gasteiger partial charge is 0.0654 e. The van der Waals surface area contributed by atoms with E-state index in [1.54, 1.807) is 0 Å². The van der Waals surface area contributed by atoms with Crippen LogP contribution < -0.4 is 0 Å². The predicted molar refractivity (Wildman–Crippen MR) is 64.4 cm³/mol. The zero-order valence-corrected chi connectivity index (χ0v) is 10.4. The van der Waals surface area contributed by atoms with Crippen molar-refractivity contribution in [1.82, 2.24) is 0 Å². The Morgan fingerprint density at radius 2 is 1.93 bits per heavy atom. The van der Waals surface area contributed by atoms with Crippen LogP contribution in [0.5, 0.6) is 0 Å². The van der Waals surface area contributed by atoms with Crippen LogP contribution in [0.2, 0.25) is 0 Å². The van der Waals surface area contributed by atoms with Crippen LogP contribution in [-0.2, 0) is 0 Å². The second kappa shape index (κ2) is 6.48. The monoisotopic (exact) mass is 196 g/mol. The molecule has 0 saturated heterocycles. The van der Waals surface area contributed by atoms with E-state index >= 15 is 0 Å². The molecule has 0 N–H and O–H groups in total. The van der Waals surface area contributed by atoms with Gasteiger partial charge in [0.05, 0.1) is 0 Å². The Morgan fingerprint density at radius 1 is 1.14 bits per heavy atom. The molecule has 3 unspecified atom stereocenters. The summed E-state index contributed by atoms with van der Waals surface area (Å²) >= 11 is 0. The fourth-order valence-corrected chi connectivity index (χ4v) is 3.38. The van der Waals surface area contributed by atoms with Crippen molar-refractivity contribution in [2.45, 2.75) is 72.1 Å². The molecule has 0 aromatic carbocycles.